The molecule has 1 heterocycles. The molecule has 0 spiro atoms. The molecule has 0 unspecified atom stereocenters. The highest BCUT2D eigenvalue weighted by molar-refractivity contribution is 5.73. The van der Waals surface area contributed by atoms with Gasteiger partial charge in [-0.15, -0.1) is 0 Å². The van der Waals surface area contributed by atoms with Gasteiger partial charge in [0.15, 0.2) is 0 Å². The summed E-state index contributed by atoms with van der Waals surface area (Å²) in [4.78, 5) is 11.3. The lowest BCUT2D eigenvalue weighted by Gasteiger charge is -2.41. The van der Waals surface area contributed by atoms with Gasteiger partial charge in [-0.1, -0.05) is 73.2 Å². The Hall–Kier alpha value is -3.19. The molecule has 0 aromatic heterocycles. The second-order valence-corrected chi connectivity index (χ2v) is 9.22. The number of aryl methyl sites for hydroxylation is 1. The van der Waals surface area contributed by atoms with Crippen molar-refractivity contribution in [2.24, 2.45) is 5.92 Å². The lowest BCUT2D eigenvalue weighted by atomic mass is 9.87. The summed E-state index contributed by atoms with van der Waals surface area (Å²) in [6, 6.07) is 23.6. The number of amides is 1. The first-order valence-corrected chi connectivity index (χ1v) is 12.0. The van der Waals surface area contributed by atoms with Gasteiger partial charge in [-0.25, -0.2) is 0 Å². The van der Waals surface area contributed by atoms with E-state index in [4.69, 9.17) is 9.47 Å². The van der Waals surface area contributed by atoms with Crippen LogP contribution in [0.15, 0.2) is 72.8 Å². The highest BCUT2D eigenvalue weighted by Crippen LogP contribution is 2.38. The second-order valence-electron chi connectivity index (χ2n) is 9.22. The maximum absolute atomic E-state index is 11.3. The molecule has 6 nitrogen and oxygen atoms in total. The minimum atomic E-state index is -1.19. The standard InChI is InChI=1S/C29H33NO5/c1-18-8-7-11-23(16-18)25-17-24(13-12-21(25)14-15-30-20(3)31)34-29-27(33)26(32)19(2)28(35-29)22-9-5-4-6-10-22/h4-13,16-17,19,26-29,32-33H,14-15H2,1-3H3,(H,30,31)/t19-,26-,27-,28+,29-/m1/s1. The Morgan fingerprint density at radius 2 is 1.77 bits per heavy atom. The van der Waals surface area contributed by atoms with Crippen molar-refractivity contribution < 1.29 is 24.5 Å². The van der Waals surface area contributed by atoms with Gasteiger partial charge in [0.2, 0.25) is 12.2 Å². The average Bonchev–Trinajstić information content (AvgIpc) is 2.85. The summed E-state index contributed by atoms with van der Waals surface area (Å²) in [6.07, 6.45) is -2.95. The molecule has 3 aromatic carbocycles. The van der Waals surface area contributed by atoms with E-state index < -0.39 is 24.6 Å². The Morgan fingerprint density at radius 3 is 2.49 bits per heavy atom. The van der Waals surface area contributed by atoms with Gasteiger partial charge in [0.25, 0.3) is 0 Å². The summed E-state index contributed by atoms with van der Waals surface area (Å²) >= 11 is 0. The van der Waals surface area contributed by atoms with Crippen molar-refractivity contribution in [3.8, 4) is 16.9 Å². The SMILES string of the molecule is CC(=O)NCCc1ccc(O[C@@H]2O[C@H](c3ccccc3)[C@H](C)[C@@H](O)[C@H]2O)cc1-c1cccc(C)c1. The summed E-state index contributed by atoms with van der Waals surface area (Å²) in [6.45, 7) is 5.94. The molecule has 3 N–H and O–H groups in total. The fraction of sp³-hybridized carbons (Fsp3) is 0.345. The van der Waals surface area contributed by atoms with Crippen LogP contribution in [0.5, 0.6) is 5.75 Å². The molecule has 6 heteroatoms. The number of ether oxygens (including phenoxy) is 2. The number of hydrogen-bond donors (Lipinski definition) is 3. The van der Waals surface area contributed by atoms with Crippen molar-refractivity contribution in [3.05, 3.63) is 89.5 Å². The van der Waals surface area contributed by atoms with Gasteiger partial charge in [-0.05, 0) is 47.7 Å². The predicted molar refractivity (Wildman–Crippen MR) is 135 cm³/mol. The van der Waals surface area contributed by atoms with E-state index in [0.29, 0.717) is 18.7 Å². The number of carbonyl (C=O) groups is 1. The molecule has 0 aliphatic carbocycles. The van der Waals surface area contributed by atoms with Crippen LogP contribution in [0.2, 0.25) is 0 Å². The maximum Gasteiger partial charge on any atom is 0.229 e. The molecular formula is C29H33NO5. The topological polar surface area (TPSA) is 88.0 Å². The summed E-state index contributed by atoms with van der Waals surface area (Å²) in [7, 11) is 0. The van der Waals surface area contributed by atoms with Gasteiger partial charge in [0.1, 0.15) is 11.9 Å². The van der Waals surface area contributed by atoms with Crippen molar-refractivity contribution in [1.82, 2.24) is 5.32 Å². The third kappa shape index (κ3) is 5.90. The minimum absolute atomic E-state index is 0.0637. The fourth-order valence-electron chi connectivity index (χ4n) is 4.56. The molecule has 35 heavy (non-hydrogen) atoms. The number of nitrogens with one attached hydrogen (secondary N) is 1. The summed E-state index contributed by atoms with van der Waals surface area (Å²) in [5.74, 6) is 0.167. The van der Waals surface area contributed by atoms with Crippen LogP contribution in [-0.4, -0.2) is 41.2 Å². The first kappa shape index (κ1) is 24.9. The zero-order chi connectivity index (χ0) is 24.9. The third-order valence-electron chi connectivity index (χ3n) is 6.48. The van der Waals surface area contributed by atoms with Crippen molar-refractivity contribution >= 4 is 5.91 Å². The van der Waals surface area contributed by atoms with Crippen molar-refractivity contribution in [3.63, 3.8) is 0 Å². The third-order valence-corrected chi connectivity index (χ3v) is 6.48. The molecule has 0 saturated carbocycles. The van der Waals surface area contributed by atoms with E-state index >= 15 is 0 Å². The molecule has 1 aliphatic rings. The van der Waals surface area contributed by atoms with E-state index in [-0.39, 0.29) is 11.8 Å². The molecule has 0 radical (unpaired) electrons. The van der Waals surface area contributed by atoms with Crippen LogP contribution < -0.4 is 10.1 Å². The summed E-state index contributed by atoms with van der Waals surface area (Å²) in [5, 5.41) is 24.3. The van der Waals surface area contributed by atoms with Gasteiger partial charge in [-0.3, -0.25) is 4.79 Å². The Labute approximate surface area is 206 Å². The smallest absolute Gasteiger partial charge is 0.229 e. The number of hydrogen-bond acceptors (Lipinski definition) is 5. The second kappa shape index (κ2) is 11.0. The van der Waals surface area contributed by atoms with E-state index in [9.17, 15) is 15.0 Å². The molecule has 1 fully saturated rings. The van der Waals surface area contributed by atoms with E-state index in [0.717, 1.165) is 27.8 Å². The molecule has 5 atom stereocenters. The summed E-state index contributed by atoms with van der Waals surface area (Å²) < 4.78 is 12.3. The quantitative estimate of drug-likeness (QED) is 0.477. The van der Waals surface area contributed by atoms with Crippen molar-refractivity contribution in [2.75, 3.05) is 6.54 Å². The molecule has 0 bridgehead atoms. The first-order valence-electron chi connectivity index (χ1n) is 12.0. The normalized spacial score (nSPS) is 24.1. The molecule has 4 rings (SSSR count). The molecule has 1 amide bonds. The number of benzene rings is 3. The summed E-state index contributed by atoms with van der Waals surface area (Å²) in [5.41, 5.74) is 5.14. The van der Waals surface area contributed by atoms with E-state index in [1.807, 2.05) is 80.6 Å². The highest BCUT2D eigenvalue weighted by Gasteiger charge is 2.44. The largest absolute Gasteiger partial charge is 0.462 e. The van der Waals surface area contributed by atoms with Crippen molar-refractivity contribution in [1.29, 1.82) is 0 Å². The van der Waals surface area contributed by atoms with Gasteiger partial charge in [-0.2, -0.15) is 0 Å². The molecule has 1 aliphatic heterocycles. The van der Waals surface area contributed by atoms with Crippen molar-refractivity contribution in [2.45, 2.75) is 51.8 Å². The van der Waals surface area contributed by atoms with Crippen LogP contribution in [-0.2, 0) is 16.0 Å². The van der Waals surface area contributed by atoms with Gasteiger partial charge < -0.3 is 25.0 Å². The van der Waals surface area contributed by atoms with E-state index in [1.54, 1.807) is 0 Å². The Morgan fingerprint density at radius 1 is 1.00 bits per heavy atom. The Balaban J connectivity index is 1.61. The lowest BCUT2D eigenvalue weighted by molar-refractivity contribution is -0.258. The lowest BCUT2D eigenvalue weighted by Crippen LogP contribution is -2.52. The van der Waals surface area contributed by atoms with Crippen LogP contribution in [0.1, 0.15) is 36.6 Å². The number of aliphatic hydroxyl groups excluding tert-OH is 2. The number of aliphatic hydroxyl groups is 2. The zero-order valence-electron chi connectivity index (χ0n) is 20.3. The zero-order valence-corrected chi connectivity index (χ0v) is 20.3. The molecule has 184 valence electrons. The van der Waals surface area contributed by atoms with E-state index in [2.05, 4.69) is 11.4 Å². The van der Waals surface area contributed by atoms with Gasteiger partial charge in [0.05, 0.1) is 12.2 Å². The Bertz CT molecular complexity index is 1150. The average molecular weight is 476 g/mol. The highest BCUT2D eigenvalue weighted by atomic mass is 16.7. The minimum Gasteiger partial charge on any atom is -0.462 e. The Kier molecular flexibility index (Phi) is 7.86. The van der Waals surface area contributed by atoms with Crippen LogP contribution in [0.25, 0.3) is 11.1 Å². The maximum atomic E-state index is 11.3. The number of rotatable bonds is 7. The molecular weight excluding hydrogens is 442 g/mol. The first-order chi connectivity index (χ1) is 16.8. The molecule has 1 saturated heterocycles. The van der Waals surface area contributed by atoms with Crippen LogP contribution >= 0.6 is 0 Å². The van der Waals surface area contributed by atoms with Gasteiger partial charge in [0, 0.05) is 19.4 Å². The predicted octanol–water partition coefficient (Wildman–Crippen LogP) is 4.17. The van der Waals surface area contributed by atoms with Crippen LogP contribution in [0, 0.1) is 12.8 Å². The monoisotopic (exact) mass is 475 g/mol. The number of carbonyl (C=O) groups excluding carboxylic acids is 1. The fourth-order valence-corrected chi connectivity index (χ4v) is 4.56. The van der Waals surface area contributed by atoms with Crippen LogP contribution in [0.4, 0.5) is 0 Å². The van der Waals surface area contributed by atoms with Crippen LogP contribution in [0.3, 0.4) is 0 Å². The van der Waals surface area contributed by atoms with E-state index in [1.165, 1.54) is 6.92 Å². The van der Waals surface area contributed by atoms with Gasteiger partial charge >= 0.3 is 0 Å². The molecule has 3 aromatic rings.